The Kier molecular flexibility index (Phi) is 4.83. The lowest BCUT2D eigenvalue weighted by molar-refractivity contribution is 0.352. The van der Waals surface area contributed by atoms with Crippen LogP contribution in [0.25, 0.3) is 33.1 Å². The molecule has 0 radical (unpaired) electrons. The Morgan fingerprint density at radius 3 is 1.33 bits per heavy atom. The fourth-order valence-corrected chi connectivity index (χ4v) is 3.55. The van der Waals surface area contributed by atoms with Crippen molar-refractivity contribution in [2.24, 2.45) is 0 Å². The van der Waals surface area contributed by atoms with Gasteiger partial charge in [-0.2, -0.15) is 0 Å². The van der Waals surface area contributed by atoms with Crippen molar-refractivity contribution in [2.75, 3.05) is 28.4 Å². The fraction of sp³-hybridized carbons (Fsp3) is 0.182. The van der Waals surface area contributed by atoms with Crippen LogP contribution in [0.3, 0.4) is 0 Å². The van der Waals surface area contributed by atoms with E-state index in [4.69, 9.17) is 27.8 Å². The number of methoxy groups -OCH3 is 4. The van der Waals surface area contributed by atoms with Gasteiger partial charge in [0.25, 0.3) is 0 Å². The molecule has 0 amide bonds. The van der Waals surface area contributed by atoms with Crippen molar-refractivity contribution in [2.45, 2.75) is 0 Å². The van der Waals surface area contributed by atoms with Crippen molar-refractivity contribution in [1.29, 1.82) is 0 Å². The number of rotatable bonds is 5. The Bertz CT molecular complexity index is 1270. The molecule has 0 saturated heterocycles. The number of hydrogen-bond acceptors (Lipinski definition) is 8. The monoisotopic (exact) mass is 410 g/mol. The number of hydrogen-bond donors (Lipinski definition) is 0. The zero-order chi connectivity index (χ0) is 21.4. The van der Waals surface area contributed by atoms with Gasteiger partial charge in [-0.15, -0.1) is 0 Å². The second kappa shape index (κ2) is 7.47. The Labute approximate surface area is 170 Å². The van der Waals surface area contributed by atoms with E-state index in [2.05, 4.69) is 0 Å². The van der Waals surface area contributed by atoms with Gasteiger partial charge in [0, 0.05) is 46.2 Å². The van der Waals surface area contributed by atoms with E-state index in [-0.39, 0.29) is 0 Å². The average Bonchev–Trinajstić information content (AvgIpc) is 2.75. The highest BCUT2D eigenvalue weighted by molar-refractivity contribution is 6.09. The van der Waals surface area contributed by atoms with E-state index < -0.39 is 11.3 Å². The molecule has 0 spiro atoms. The normalized spacial score (nSPS) is 10.9. The Hall–Kier alpha value is -3.94. The second-order valence-electron chi connectivity index (χ2n) is 6.31. The van der Waals surface area contributed by atoms with Gasteiger partial charge in [0.2, 0.25) is 0 Å². The summed E-state index contributed by atoms with van der Waals surface area (Å²) in [7, 11) is 5.96. The first-order valence-corrected chi connectivity index (χ1v) is 8.90. The summed E-state index contributed by atoms with van der Waals surface area (Å²) in [5.41, 5.74) is 0.648. The van der Waals surface area contributed by atoms with E-state index in [1.165, 1.54) is 40.6 Å². The molecule has 154 valence electrons. The van der Waals surface area contributed by atoms with E-state index in [9.17, 15) is 9.59 Å². The first-order valence-electron chi connectivity index (χ1n) is 8.90. The lowest BCUT2D eigenvalue weighted by atomic mass is 9.94. The molecule has 30 heavy (non-hydrogen) atoms. The van der Waals surface area contributed by atoms with E-state index in [1.54, 1.807) is 24.3 Å². The molecular formula is C22H18O8. The van der Waals surface area contributed by atoms with E-state index in [1.807, 2.05) is 0 Å². The summed E-state index contributed by atoms with van der Waals surface area (Å²) in [5, 5.41) is 1.15. The third kappa shape index (κ3) is 2.93. The Morgan fingerprint density at radius 2 is 1.00 bits per heavy atom. The summed E-state index contributed by atoms with van der Waals surface area (Å²) >= 11 is 0. The molecule has 0 bridgehead atoms. The van der Waals surface area contributed by atoms with Crippen LogP contribution < -0.4 is 30.2 Å². The van der Waals surface area contributed by atoms with Crippen molar-refractivity contribution in [3.8, 4) is 34.1 Å². The predicted molar refractivity (Wildman–Crippen MR) is 110 cm³/mol. The second-order valence-corrected chi connectivity index (χ2v) is 6.31. The Balaban J connectivity index is 2.30. The zero-order valence-corrected chi connectivity index (χ0v) is 16.7. The SMILES string of the molecule is COc1cc2oc(=O)ccc2c(-c2c(OC)c(OC)cc3oc(=O)ccc23)c1OC. The zero-order valence-electron chi connectivity index (χ0n) is 16.7. The summed E-state index contributed by atoms with van der Waals surface area (Å²) in [6.07, 6.45) is 0. The maximum absolute atomic E-state index is 11.8. The molecule has 2 heterocycles. The molecule has 4 aromatic rings. The van der Waals surface area contributed by atoms with Crippen LogP contribution in [0.4, 0.5) is 0 Å². The van der Waals surface area contributed by atoms with Gasteiger partial charge in [0.05, 0.1) is 28.4 Å². The largest absolute Gasteiger partial charge is 0.493 e. The first-order chi connectivity index (χ1) is 14.5. The van der Waals surface area contributed by atoms with Crippen LogP contribution >= 0.6 is 0 Å². The van der Waals surface area contributed by atoms with Gasteiger partial charge in [-0.1, -0.05) is 0 Å². The minimum atomic E-state index is -0.505. The van der Waals surface area contributed by atoms with Crippen LogP contribution in [-0.4, -0.2) is 28.4 Å². The van der Waals surface area contributed by atoms with Crippen molar-refractivity contribution < 1.29 is 27.8 Å². The highest BCUT2D eigenvalue weighted by atomic mass is 16.5. The van der Waals surface area contributed by atoms with Crippen LogP contribution in [0, 0.1) is 0 Å². The van der Waals surface area contributed by atoms with Crippen LogP contribution in [0.1, 0.15) is 0 Å². The summed E-state index contributed by atoms with van der Waals surface area (Å²) in [6, 6.07) is 9.03. The van der Waals surface area contributed by atoms with Crippen molar-refractivity contribution in [1.82, 2.24) is 0 Å². The highest BCUT2D eigenvalue weighted by Crippen LogP contribution is 2.51. The number of ether oxygens (including phenoxy) is 4. The molecule has 0 unspecified atom stereocenters. The third-order valence-electron chi connectivity index (χ3n) is 4.79. The minimum Gasteiger partial charge on any atom is -0.493 e. The third-order valence-corrected chi connectivity index (χ3v) is 4.79. The van der Waals surface area contributed by atoms with Gasteiger partial charge in [0.15, 0.2) is 23.0 Å². The van der Waals surface area contributed by atoms with Gasteiger partial charge < -0.3 is 27.8 Å². The lowest BCUT2D eigenvalue weighted by Gasteiger charge is -2.20. The van der Waals surface area contributed by atoms with Gasteiger partial charge in [-0.3, -0.25) is 0 Å². The highest BCUT2D eigenvalue weighted by Gasteiger charge is 2.26. The van der Waals surface area contributed by atoms with Gasteiger partial charge in [0.1, 0.15) is 11.2 Å². The quantitative estimate of drug-likeness (QED) is 0.461. The summed E-state index contributed by atoms with van der Waals surface area (Å²) < 4.78 is 33.1. The molecule has 2 aromatic heterocycles. The van der Waals surface area contributed by atoms with E-state index in [0.717, 1.165) is 0 Å². The first kappa shape index (κ1) is 19.4. The van der Waals surface area contributed by atoms with Crippen molar-refractivity contribution in [3.05, 3.63) is 57.2 Å². The van der Waals surface area contributed by atoms with Crippen LogP contribution in [0.15, 0.2) is 54.8 Å². The van der Waals surface area contributed by atoms with Crippen LogP contribution in [0.2, 0.25) is 0 Å². The van der Waals surface area contributed by atoms with Gasteiger partial charge in [-0.05, 0) is 12.1 Å². The molecule has 0 saturated carbocycles. The molecule has 0 aliphatic rings. The van der Waals surface area contributed by atoms with Crippen LogP contribution in [-0.2, 0) is 0 Å². The molecule has 8 nitrogen and oxygen atoms in total. The molecule has 0 N–H and O–H groups in total. The lowest BCUT2D eigenvalue weighted by Crippen LogP contribution is -2.02. The standard InChI is InChI=1S/C22H18O8/c1-25-15-9-13-11(5-7-17(23)29-13)19(21(15)27-3)20-12-6-8-18(24)30-14(12)10-16(26-2)22(20)28-4/h5-10H,1-4H3. The molecule has 8 heteroatoms. The molecule has 4 rings (SSSR count). The fourth-order valence-electron chi connectivity index (χ4n) is 3.55. The van der Waals surface area contributed by atoms with Crippen molar-refractivity contribution in [3.63, 3.8) is 0 Å². The van der Waals surface area contributed by atoms with Gasteiger partial charge >= 0.3 is 11.3 Å². The van der Waals surface area contributed by atoms with E-state index in [0.29, 0.717) is 56.1 Å². The topological polar surface area (TPSA) is 97.3 Å². The average molecular weight is 410 g/mol. The molecule has 0 atom stereocenters. The molecule has 0 aliphatic heterocycles. The van der Waals surface area contributed by atoms with E-state index >= 15 is 0 Å². The van der Waals surface area contributed by atoms with Crippen LogP contribution in [0.5, 0.6) is 23.0 Å². The predicted octanol–water partition coefficient (Wildman–Crippen LogP) is 3.60. The van der Waals surface area contributed by atoms with Gasteiger partial charge in [-0.25, -0.2) is 9.59 Å². The number of benzene rings is 2. The summed E-state index contributed by atoms with van der Waals surface area (Å²) in [6.45, 7) is 0. The summed E-state index contributed by atoms with van der Waals surface area (Å²) in [4.78, 5) is 23.7. The minimum absolute atomic E-state index is 0.297. The summed E-state index contributed by atoms with van der Waals surface area (Å²) in [5.74, 6) is 1.48. The molecule has 0 aliphatic carbocycles. The maximum atomic E-state index is 11.8. The molecule has 2 aromatic carbocycles. The Morgan fingerprint density at radius 1 is 0.600 bits per heavy atom. The molecule has 0 fully saturated rings. The molecular weight excluding hydrogens is 392 g/mol. The smallest absolute Gasteiger partial charge is 0.336 e. The number of fused-ring (bicyclic) bond motifs is 2. The maximum Gasteiger partial charge on any atom is 0.336 e. The van der Waals surface area contributed by atoms with Crippen molar-refractivity contribution >= 4 is 21.9 Å².